The van der Waals surface area contributed by atoms with E-state index in [0.29, 0.717) is 12.3 Å². The Hall–Kier alpha value is -0.0800. The van der Waals surface area contributed by atoms with E-state index in [0.717, 1.165) is 24.3 Å². The van der Waals surface area contributed by atoms with Crippen molar-refractivity contribution in [2.75, 3.05) is 6.54 Å². The van der Waals surface area contributed by atoms with Crippen LogP contribution in [0, 0.1) is 17.8 Å². The molecule has 0 aromatic heterocycles. The normalized spacial score (nSPS) is 50.6. The highest BCUT2D eigenvalue weighted by atomic mass is 16.5. The molecule has 0 bridgehead atoms. The van der Waals surface area contributed by atoms with Crippen molar-refractivity contribution >= 4 is 0 Å². The van der Waals surface area contributed by atoms with Crippen molar-refractivity contribution in [3.05, 3.63) is 0 Å². The summed E-state index contributed by atoms with van der Waals surface area (Å²) in [5, 5.41) is 3.54. The van der Waals surface area contributed by atoms with Gasteiger partial charge in [-0.1, -0.05) is 6.92 Å². The Morgan fingerprint density at radius 3 is 2.93 bits per heavy atom. The molecule has 2 heteroatoms. The van der Waals surface area contributed by atoms with E-state index in [1.54, 1.807) is 0 Å². The number of piperidine rings is 1. The van der Waals surface area contributed by atoms with Crippen LogP contribution in [0.2, 0.25) is 0 Å². The third-order valence-corrected chi connectivity index (χ3v) is 4.63. The molecule has 3 fully saturated rings. The number of nitrogens with one attached hydrogen (secondary N) is 1. The lowest BCUT2D eigenvalue weighted by Crippen LogP contribution is -2.52. The van der Waals surface area contributed by atoms with Crippen LogP contribution in [0.5, 0.6) is 0 Å². The highest BCUT2D eigenvalue weighted by Crippen LogP contribution is 2.42. The zero-order chi connectivity index (χ0) is 10.3. The van der Waals surface area contributed by atoms with Crippen LogP contribution in [-0.4, -0.2) is 18.9 Å². The van der Waals surface area contributed by atoms with Crippen molar-refractivity contribution in [2.24, 2.45) is 17.8 Å². The van der Waals surface area contributed by atoms with Gasteiger partial charge in [0.1, 0.15) is 6.23 Å². The molecule has 0 amide bonds. The summed E-state index contributed by atoms with van der Waals surface area (Å²) >= 11 is 0. The van der Waals surface area contributed by atoms with Crippen LogP contribution >= 0.6 is 0 Å². The molecule has 0 radical (unpaired) electrons. The van der Waals surface area contributed by atoms with Gasteiger partial charge < -0.3 is 4.74 Å². The first-order valence-electron chi connectivity index (χ1n) is 6.72. The number of ether oxygens (including phenoxy) is 1. The average molecular weight is 209 g/mol. The monoisotopic (exact) mass is 209 g/mol. The number of rotatable bonds is 0. The zero-order valence-corrected chi connectivity index (χ0v) is 9.74. The largest absolute Gasteiger partial charge is 0.360 e. The van der Waals surface area contributed by atoms with E-state index < -0.39 is 0 Å². The third kappa shape index (κ3) is 1.94. The SMILES string of the molecule is CC1CCC2OC3NCCCC3CC2C1. The van der Waals surface area contributed by atoms with E-state index >= 15 is 0 Å². The smallest absolute Gasteiger partial charge is 0.111 e. The molecule has 0 spiro atoms. The predicted octanol–water partition coefficient (Wildman–Crippen LogP) is 2.54. The first kappa shape index (κ1) is 10.1. The molecule has 1 N–H and O–H groups in total. The maximum Gasteiger partial charge on any atom is 0.111 e. The van der Waals surface area contributed by atoms with Crippen LogP contribution < -0.4 is 5.32 Å². The van der Waals surface area contributed by atoms with Gasteiger partial charge in [0.2, 0.25) is 0 Å². The van der Waals surface area contributed by atoms with E-state index in [4.69, 9.17) is 4.74 Å². The highest BCUT2D eigenvalue weighted by molar-refractivity contribution is 4.89. The third-order valence-electron chi connectivity index (χ3n) is 4.63. The summed E-state index contributed by atoms with van der Waals surface area (Å²) < 4.78 is 6.23. The molecule has 2 saturated heterocycles. The van der Waals surface area contributed by atoms with Crippen LogP contribution in [-0.2, 0) is 4.74 Å². The molecule has 86 valence electrons. The molecule has 2 nitrogen and oxygen atoms in total. The second kappa shape index (κ2) is 4.06. The second-order valence-corrected chi connectivity index (χ2v) is 5.87. The summed E-state index contributed by atoms with van der Waals surface area (Å²) in [4.78, 5) is 0. The molecule has 5 unspecified atom stereocenters. The minimum absolute atomic E-state index is 0.397. The molecule has 1 saturated carbocycles. The fourth-order valence-corrected chi connectivity index (χ4v) is 3.80. The quantitative estimate of drug-likeness (QED) is 0.662. The van der Waals surface area contributed by atoms with Gasteiger partial charge in [-0.15, -0.1) is 0 Å². The van der Waals surface area contributed by atoms with Gasteiger partial charge in [0.15, 0.2) is 0 Å². The van der Waals surface area contributed by atoms with Crippen LogP contribution in [0.4, 0.5) is 0 Å². The first-order valence-corrected chi connectivity index (χ1v) is 6.72. The van der Waals surface area contributed by atoms with Crippen molar-refractivity contribution in [3.63, 3.8) is 0 Å². The van der Waals surface area contributed by atoms with E-state index in [2.05, 4.69) is 12.2 Å². The number of hydrogen-bond donors (Lipinski definition) is 1. The first-order chi connectivity index (χ1) is 7.33. The molecular formula is C13H23NO. The van der Waals surface area contributed by atoms with Crippen molar-refractivity contribution < 1.29 is 4.74 Å². The Kier molecular flexibility index (Phi) is 2.73. The summed E-state index contributed by atoms with van der Waals surface area (Å²) in [5.41, 5.74) is 0. The van der Waals surface area contributed by atoms with E-state index in [9.17, 15) is 0 Å². The van der Waals surface area contributed by atoms with Gasteiger partial charge in [0, 0.05) is 0 Å². The second-order valence-electron chi connectivity index (χ2n) is 5.87. The van der Waals surface area contributed by atoms with Gasteiger partial charge in [0.05, 0.1) is 6.10 Å². The van der Waals surface area contributed by atoms with Crippen molar-refractivity contribution in [1.29, 1.82) is 0 Å². The fourth-order valence-electron chi connectivity index (χ4n) is 3.80. The predicted molar refractivity (Wildman–Crippen MR) is 60.5 cm³/mol. The van der Waals surface area contributed by atoms with Gasteiger partial charge in [0.25, 0.3) is 0 Å². The van der Waals surface area contributed by atoms with Gasteiger partial charge in [-0.05, 0) is 62.8 Å². The molecule has 0 aromatic rings. The molecule has 2 heterocycles. The molecule has 2 aliphatic heterocycles. The molecule has 15 heavy (non-hydrogen) atoms. The minimum atomic E-state index is 0.397. The summed E-state index contributed by atoms with van der Waals surface area (Å²) in [7, 11) is 0. The summed E-state index contributed by atoms with van der Waals surface area (Å²) in [6, 6.07) is 0. The average Bonchev–Trinajstić information content (AvgIpc) is 2.26. The van der Waals surface area contributed by atoms with Gasteiger partial charge in [-0.25, -0.2) is 0 Å². The lowest BCUT2D eigenvalue weighted by molar-refractivity contribution is -0.155. The summed E-state index contributed by atoms with van der Waals surface area (Å²) in [6.45, 7) is 3.57. The standard InChI is InChI=1S/C13H23NO/c1-9-4-5-12-11(7-9)8-10-3-2-6-14-13(10)15-12/h9-14H,2-8H2,1H3. The minimum Gasteiger partial charge on any atom is -0.360 e. The fraction of sp³-hybridized carbons (Fsp3) is 1.00. The Morgan fingerprint density at radius 1 is 1.07 bits per heavy atom. The molecule has 3 rings (SSSR count). The van der Waals surface area contributed by atoms with Crippen molar-refractivity contribution in [3.8, 4) is 0 Å². The maximum absolute atomic E-state index is 6.23. The molecule has 3 aliphatic rings. The number of hydrogen-bond acceptors (Lipinski definition) is 2. The van der Waals surface area contributed by atoms with Gasteiger partial charge in [-0.2, -0.15) is 0 Å². The maximum atomic E-state index is 6.23. The number of fused-ring (bicyclic) bond motifs is 2. The van der Waals surface area contributed by atoms with E-state index in [1.165, 1.54) is 38.5 Å². The van der Waals surface area contributed by atoms with Crippen molar-refractivity contribution in [1.82, 2.24) is 5.32 Å². The van der Waals surface area contributed by atoms with Crippen LogP contribution in [0.25, 0.3) is 0 Å². The Labute approximate surface area is 92.8 Å². The Morgan fingerprint density at radius 2 is 2.00 bits per heavy atom. The van der Waals surface area contributed by atoms with Gasteiger partial charge >= 0.3 is 0 Å². The van der Waals surface area contributed by atoms with Crippen LogP contribution in [0.1, 0.15) is 45.4 Å². The lowest BCUT2D eigenvalue weighted by Gasteiger charge is -2.47. The van der Waals surface area contributed by atoms with E-state index in [-0.39, 0.29) is 0 Å². The Balaban J connectivity index is 1.67. The summed E-state index contributed by atoms with van der Waals surface area (Å²) in [5.74, 6) is 2.61. The van der Waals surface area contributed by atoms with Gasteiger partial charge in [-0.3, -0.25) is 5.32 Å². The molecule has 5 atom stereocenters. The highest BCUT2D eigenvalue weighted by Gasteiger charge is 2.40. The van der Waals surface area contributed by atoms with Crippen molar-refractivity contribution in [2.45, 2.75) is 57.8 Å². The molecular weight excluding hydrogens is 186 g/mol. The zero-order valence-electron chi connectivity index (χ0n) is 9.74. The van der Waals surface area contributed by atoms with Crippen LogP contribution in [0.3, 0.4) is 0 Å². The topological polar surface area (TPSA) is 21.3 Å². The lowest BCUT2D eigenvalue weighted by atomic mass is 9.72. The summed E-state index contributed by atoms with van der Waals surface area (Å²) in [6.07, 6.45) is 9.21. The Bertz CT molecular complexity index is 231. The van der Waals surface area contributed by atoms with Crippen LogP contribution in [0.15, 0.2) is 0 Å². The molecule has 0 aromatic carbocycles. The van der Waals surface area contributed by atoms with E-state index in [1.807, 2.05) is 0 Å². The molecule has 1 aliphatic carbocycles.